The molecule has 0 saturated carbocycles. The number of aryl methyl sites for hydroxylation is 2. The van der Waals surface area contributed by atoms with Gasteiger partial charge >= 0.3 is 0 Å². The van der Waals surface area contributed by atoms with Crippen molar-refractivity contribution in [3.63, 3.8) is 0 Å². The number of hydrogen-bond acceptors (Lipinski definition) is 5. The summed E-state index contributed by atoms with van der Waals surface area (Å²) < 4.78 is 3.23. The summed E-state index contributed by atoms with van der Waals surface area (Å²) in [5, 5.41) is 13.6. The van der Waals surface area contributed by atoms with Gasteiger partial charge in [0.05, 0.1) is 11.4 Å². The summed E-state index contributed by atoms with van der Waals surface area (Å²) >= 11 is 1.58. The number of thiophene rings is 1. The second kappa shape index (κ2) is 8.77. The molecule has 3 aromatic rings. The normalized spacial score (nSPS) is 12.1. The van der Waals surface area contributed by atoms with Crippen LogP contribution in [0.2, 0.25) is 0 Å². The topological polar surface area (TPSA) is 81.8 Å². The Morgan fingerprint density at radius 1 is 1.26 bits per heavy atom. The fourth-order valence-electron chi connectivity index (χ4n) is 2.76. The number of aromatic nitrogens is 4. The zero-order chi connectivity index (χ0) is 19.2. The molecular formula is C19H23N5O2S. The maximum absolute atomic E-state index is 12.3. The first-order chi connectivity index (χ1) is 13.1. The maximum atomic E-state index is 12.3. The van der Waals surface area contributed by atoms with Crippen LogP contribution in [0.25, 0.3) is 10.6 Å². The van der Waals surface area contributed by atoms with Crippen LogP contribution in [-0.2, 0) is 17.9 Å². The van der Waals surface area contributed by atoms with Gasteiger partial charge in [-0.3, -0.25) is 14.3 Å². The van der Waals surface area contributed by atoms with Crippen molar-refractivity contribution in [2.45, 2.75) is 45.8 Å². The summed E-state index contributed by atoms with van der Waals surface area (Å²) in [6, 6.07) is 8.94. The Kier molecular flexibility index (Phi) is 6.18. The molecule has 0 aromatic carbocycles. The number of nitrogens with one attached hydrogen (secondary N) is 1. The Morgan fingerprint density at radius 2 is 2.11 bits per heavy atom. The van der Waals surface area contributed by atoms with E-state index in [1.54, 1.807) is 28.3 Å². The first-order valence-electron chi connectivity index (χ1n) is 8.96. The van der Waals surface area contributed by atoms with Crippen LogP contribution in [0.5, 0.6) is 0 Å². The summed E-state index contributed by atoms with van der Waals surface area (Å²) in [5.41, 5.74) is 1.62. The number of amides is 1. The number of carbonyl (C=O) groups excluding carboxylic acids is 1. The van der Waals surface area contributed by atoms with Gasteiger partial charge in [-0.1, -0.05) is 13.0 Å². The van der Waals surface area contributed by atoms with Gasteiger partial charge in [0, 0.05) is 37.0 Å². The van der Waals surface area contributed by atoms with E-state index < -0.39 is 0 Å². The van der Waals surface area contributed by atoms with Gasteiger partial charge in [0.25, 0.3) is 5.56 Å². The molecule has 1 atom stereocenters. The van der Waals surface area contributed by atoms with Crippen LogP contribution < -0.4 is 10.9 Å². The summed E-state index contributed by atoms with van der Waals surface area (Å²) in [5.74, 6) is -0.0563. The molecule has 3 aromatic heterocycles. The average Bonchev–Trinajstić information content (AvgIpc) is 3.33. The highest BCUT2D eigenvalue weighted by Gasteiger charge is 2.14. The number of hydrogen-bond donors (Lipinski definition) is 1. The average molecular weight is 385 g/mol. The van der Waals surface area contributed by atoms with E-state index in [1.165, 1.54) is 10.7 Å². The van der Waals surface area contributed by atoms with E-state index in [0.29, 0.717) is 25.9 Å². The molecule has 8 heteroatoms. The van der Waals surface area contributed by atoms with Crippen molar-refractivity contribution >= 4 is 17.2 Å². The lowest BCUT2D eigenvalue weighted by Gasteiger charge is -2.18. The summed E-state index contributed by atoms with van der Waals surface area (Å²) in [4.78, 5) is 25.5. The van der Waals surface area contributed by atoms with Crippen LogP contribution in [-0.4, -0.2) is 31.5 Å². The lowest BCUT2D eigenvalue weighted by atomic mass is 10.2. The van der Waals surface area contributed by atoms with Gasteiger partial charge in [-0.05, 0) is 36.9 Å². The van der Waals surface area contributed by atoms with Gasteiger partial charge < -0.3 is 5.32 Å². The second-order valence-electron chi connectivity index (χ2n) is 6.33. The first-order valence-corrected chi connectivity index (χ1v) is 9.84. The van der Waals surface area contributed by atoms with E-state index in [-0.39, 0.29) is 17.5 Å². The monoisotopic (exact) mass is 385 g/mol. The molecule has 0 aliphatic rings. The lowest BCUT2D eigenvalue weighted by Crippen LogP contribution is -2.40. The summed E-state index contributed by atoms with van der Waals surface area (Å²) in [7, 11) is 0. The fourth-order valence-corrected chi connectivity index (χ4v) is 3.45. The molecule has 0 unspecified atom stereocenters. The van der Waals surface area contributed by atoms with E-state index in [4.69, 9.17) is 0 Å². The summed E-state index contributed by atoms with van der Waals surface area (Å²) in [6.45, 7) is 4.82. The molecule has 0 fully saturated rings. The largest absolute Gasteiger partial charge is 0.351 e. The predicted octanol–water partition coefficient (Wildman–Crippen LogP) is 2.46. The Morgan fingerprint density at radius 3 is 2.78 bits per heavy atom. The summed E-state index contributed by atoms with van der Waals surface area (Å²) in [6.07, 6.45) is 2.78. The van der Waals surface area contributed by atoms with Crippen LogP contribution in [0.4, 0.5) is 0 Å². The zero-order valence-electron chi connectivity index (χ0n) is 15.5. The Bertz CT molecular complexity index is 945. The molecule has 0 bridgehead atoms. The maximum Gasteiger partial charge on any atom is 0.266 e. The molecule has 7 nitrogen and oxygen atoms in total. The standard InChI is InChI=1S/C19H23N5O2S/c1-3-15(21-18(25)9-11-23-14(2)8-10-20-23)13-24-19(26)7-6-16(22-24)17-5-4-12-27-17/h4-8,10,12,15H,3,9,11,13H2,1-2H3,(H,21,25)/t15-/m1/s1. The minimum Gasteiger partial charge on any atom is -0.351 e. The smallest absolute Gasteiger partial charge is 0.266 e. The highest BCUT2D eigenvalue weighted by molar-refractivity contribution is 7.13. The van der Waals surface area contributed by atoms with E-state index >= 15 is 0 Å². The van der Waals surface area contributed by atoms with Gasteiger partial charge in [-0.25, -0.2) is 4.68 Å². The molecule has 0 aliphatic carbocycles. The molecule has 1 amide bonds. The van der Waals surface area contributed by atoms with Gasteiger partial charge in [-0.2, -0.15) is 10.2 Å². The molecule has 0 aliphatic heterocycles. The van der Waals surface area contributed by atoms with Gasteiger partial charge in [-0.15, -0.1) is 11.3 Å². The Balaban J connectivity index is 1.63. The van der Waals surface area contributed by atoms with Crippen LogP contribution in [0, 0.1) is 6.92 Å². The van der Waals surface area contributed by atoms with Gasteiger partial charge in [0.2, 0.25) is 5.91 Å². The molecule has 0 radical (unpaired) electrons. The molecule has 3 heterocycles. The third-order valence-corrected chi connectivity index (χ3v) is 5.26. The van der Waals surface area contributed by atoms with Crippen molar-refractivity contribution in [3.8, 4) is 10.6 Å². The zero-order valence-corrected chi connectivity index (χ0v) is 16.3. The van der Waals surface area contributed by atoms with Gasteiger partial charge in [0.1, 0.15) is 5.69 Å². The minimum absolute atomic E-state index is 0.0563. The van der Waals surface area contributed by atoms with Crippen molar-refractivity contribution in [1.29, 1.82) is 0 Å². The highest BCUT2D eigenvalue weighted by Crippen LogP contribution is 2.21. The fraction of sp³-hybridized carbons (Fsp3) is 0.368. The van der Waals surface area contributed by atoms with Crippen molar-refractivity contribution in [1.82, 2.24) is 24.9 Å². The molecule has 27 heavy (non-hydrogen) atoms. The second-order valence-corrected chi connectivity index (χ2v) is 7.28. The van der Waals surface area contributed by atoms with Crippen molar-refractivity contribution in [2.24, 2.45) is 0 Å². The van der Waals surface area contributed by atoms with E-state index in [2.05, 4.69) is 15.5 Å². The van der Waals surface area contributed by atoms with Crippen molar-refractivity contribution in [3.05, 3.63) is 58.0 Å². The molecule has 142 valence electrons. The molecule has 3 rings (SSSR count). The van der Waals surface area contributed by atoms with Crippen LogP contribution in [0.3, 0.4) is 0 Å². The SMILES string of the molecule is CC[C@H](Cn1nc(-c2cccs2)ccc1=O)NC(=O)CCn1nccc1C. The Hall–Kier alpha value is -2.74. The molecule has 0 spiro atoms. The van der Waals surface area contributed by atoms with Crippen LogP contribution in [0.15, 0.2) is 46.7 Å². The van der Waals surface area contributed by atoms with Crippen LogP contribution >= 0.6 is 11.3 Å². The third-order valence-electron chi connectivity index (χ3n) is 4.37. The molecular weight excluding hydrogens is 362 g/mol. The third kappa shape index (κ3) is 4.91. The number of rotatable bonds is 8. The molecule has 0 saturated heterocycles. The van der Waals surface area contributed by atoms with Crippen molar-refractivity contribution in [2.75, 3.05) is 0 Å². The Labute approximate surface area is 161 Å². The predicted molar refractivity (Wildman–Crippen MR) is 106 cm³/mol. The molecule has 1 N–H and O–H groups in total. The highest BCUT2D eigenvalue weighted by atomic mass is 32.1. The number of carbonyl (C=O) groups is 1. The minimum atomic E-state index is -0.171. The van der Waals surface area contributed by atoms with Gasteiger partial charge in [0.15, 0.2) is 0 Å². The lowest BCUT2D eigenvalue weighted by molar-refractivity contribution is -0.122. The van der Waals surface area contributed by atoms with E-state index in [9.17, 15) is 9.59 Å². The van der Waals surface area contributed by atoms with E-state index in [1.807, 2.05) is 37.4 Å². The van der Waals surface area contributed by atoms with Crippen LogP contribution in [0.1, 0.15) is 25.5 Å². The van der Waals surface area contributed by atoms with Crippen molar-refractivity contribution < 1.29 is 4.79 Å². The first kappa shape index (κ1) is 19.0. The number of nitrogens with zero attached hydrogens (tertiary/aromatic N) is 4. The van der Waals surface area contributed by atoms with E-state index in [0.717, 1.165) is 16.3 Å². The quantitative estimate of drug-likeness (QED) is 0.646.